The normalized spacial score (nSPS) is 17.0. The van der Waals surface area contributed by atoms with Gasteiger partial charge in [-0.3, -0.25) is 4.79 Å². The highest BCUT2D eigenvalue weighted by atomic mass is 32.1. The van der Waals surface area contributed by atoms with Gasteiger partial charge in [-0.25, -0.2) is 10.4 Å². The monoisotopic (exact) mass is 255 g/mol. The Morgan fingerprint density at radius 2 is 2.29 bits per heavy atom. The topological polar surface area (TPSA) is 53.6 Å². The zero-order valence-corrected chi connectivity index (χ0v) is 10.7. The molecular formula is C11H17N3O2S. The lowest BCUT2D eigenvalue weighted by atomic mass is 10.4. The molecule has 1 aromatic heterocycles. The van der Waals surface area contributed by atoms with Crippen LogP contribution in [-0.2, 0) is 16.1 Å². The second-order valence-corrected chi connectivity index (χ2v) is 4.87. The fourth-order valence-corrected chi connectivity index (χ4v) is 2.45. The summed E-state index contributed by atoms with van der Waals surface area (Å²) in [4.78, 5) is 12.2. The summed E-state index contributed by atoms with van der Waals surface area (Å²) in [6, 6.07) is 1.93. The van der Waals surface area contributed by atoms with E-state index in [1.807, 2.05) is 11.4 Å². The SMILES string of the molecule is CC(=O)Nc1ccsc1CNN1CCOCC1. The predicted molar refractivity (Wildman–Crippen MR) is 67.9 cm³/mol. The van der Waals surface area contributed by atoms with Gasteiger partial charge in [0.2, 0.25) is 5.91 Å². The molecule has 0 bridgehead atoms. The number of rotatable bonds is 4. The van der Waals surface area contributed by atoms with Crippen molar-refractivity contribution in [1.82, 2.24) is 10.4 Å². The highest BCUT2D eigenvalue weighted by molar-refractivity contribution is 7.10. The fourth-order valence-electron chi connectivity index (χ4n) is 1.68. The van der Waals surface area contributed by atoms with Crippen molar-refractivity contribution >= 4 is 22.9 Å². The summed E-state index contributed by atoms with van der Waals surface area (Å²) in [5, 5.41) is 6.97. The van der Waals surface area contributed by atoms with Crippen molar-refractivity contribution in [3.63, 3.8) is 0 Å². The van der Waals surface area contributed by atoms with Crippen LogP contribution in [0.1, 0.15) is 11.8 Å². The summed E-state index contributed by atoms with van der Waals surface area (Å²) in [5.41, 5.74) is 4.26. The van der Waals surface area contributed by atoms with Crippen molar-refractivity contribution in [2.75, 3.05) is 31.6 Å². The average Bonchev–Trinajstić information content (AvgIpc) is 2.74. The molecule has 1 aliphatic rings. The molecule has 0 spiro atoms. The van der Waals surface area contributed by atoms with Crippen LogP contribution >= 0.6 is 11.3 Å². The summed E-state index contributed by atoms with van der Waals surface area (Å²) in [6.07, 6.45) is 0. The minimum absolute atomic E-state index is 0.0315. The van der Waals surface area contributed by atoms with Gasteiger partial charge in [0.1, 0.15) is 0 Å². The van der Waals surface area contributed by atoms with E-state index in [0.717, 1.165) is 43.4 Å². The Balaban J connectivity index is 1.85. The lowest BCUT2D eigenvalue weighted by molar-refractivity contribution is -0.114. The summed E-state index contributed by atoms with van der Waals surface area (Å²) >= 11 is 1.64. The second kappa shape index (κ2) is 6.11. The molecule has 94 valence electrons. The van der Waals surface area contributed by atoms with Crippen molar-refractivity contribution in [2.45, 2.75) is 13.5 Å². The third-order valence-electron chi connectivity index (χ3n) is 2.53. The van der Waals surface area contributed by atoms with Crippen LogP contribution in [0.15, 0.2) is 11.4 Å². The van der Waals surface area contributed by atoms with Gasteiger partial charge in [0.15, 0.2) is 0 Å². The number of morpholine rings is 1. The first-order valence-corrected chi connectivity index (χ1v) is 6.54. The van der Waals surface area contributed by atoms with Gasteiger partial charge in [-0.15, -0.1) is 11.3 Å². The van der Waals surface area contributed by atoms with E-state index in [9.17, 15) is 4.79 Å². The first-order valence-electron chi connectivity index (χ1n) is 5.66. The molecule has 0 aromatic carbocycles. The number of thiophene rings is 1. The summed E-state index contributed by atoms with van der Waals surface area (Å²) in [5.74, 6) is -0.0315. The first-order chi connectivity index (χ1) is 8.25. The van der Waals surface area contributed by atoms with Crippen LogP contribution in [0.3, 0.4) is 0 Å². The Labute approximate surface area is 105 Å². The molecule has 2 heterocycles. The van der Waals surface area contributed by atoms with Crippen molar-refractivity contribution in [3.8, 4) is 0 Å². The van der Waals surface area contributed by atoms with Gasteiger partial charge in [0.25, 0.3) is 0 Å². The molecule has 17 heavy (non-hydrogen) atoms. The molecular weight excluding hydrogens is 238 g/mol. The zero-order chi connectivity index (χ0) is 12.1. The lowest BCUT2D eigenvalue weighted by Gasteiger charge is -2.27. The molecule has 2 rings (SSSR count). The van der Waals surface area contributed by atoms with Crippen LogP contribution in [0.4, 0.5) is 5.69 Å². The average molecular weight is 255 g/mol. The number of hydrogen-bond acceptors (Lipinski definition) is 5. The Hall–Kier alpha value is -0.950. The van der Waals surface area contributed by atoms with Gasteiger partial charge < -0.3 is 10.1 Å². The third kappa shape index (κ3) is 3.78. The van der Waals surface area contributed by atoms with Gasteiger partial charge in [-0.05, 0) is 11.4 Å². The number of hydrogen-bond donors (Lipinski definition) is 2. The van der Waals surface area contributed by atoms with Gasteiger partial charge in [0, 0.05) is 31.4 Å². The van der Waals surface area contributed by atoms with Crippen molar-refractivity contribution in [2.24, 2.45) is 0 Å². The number of nitrogens with zero attached hydrogens (tertiary/aromatic N) is 1. The Kier molecular flexibility index (Phi) is 4.49. The molecule has 6 heteroatoms. The van der Waals surface area contributed by atoms with Crippen molar-refractivity contribution in [3.05, 3.63) is 16.3 Å². The fraction of sp³-hybridized carbons (Fsp3) is 0.545. The Morgan fingerprint density at radius 3 is 3.00 bits per heavy atom. The van der Waals surface area contributed by atoms with E-state index >= 15 is 0 Å². The number of hydrazine groups is 1. The maximum atomic E-state index is 11.0. The molecule has 2 N–H and O–H groups in total. The van der Waals surface area contributed by atoms with E-state index in [1.54, 1.807) is 11.3 Å². The van der Waals surface area contributed by atoms with E-state index in [1.165, 1.54) is 6.92 Å². The summed E-state index contributed by atoms with van der Waals surface area (Å²) < 4.78 is 5.28. The number of amides is 1. The van der Waals surface area contributed by atoms with E-state index in [2.05, 4.69) is 15.8 Å². The van der Waals surface area contributed by atoms with E-state index < -0.39 is 0 Å². The molecule has 0 unspecified atom stereocenters. The molecule has 1 saturated heterocycles. The molecule has 1 aromatic rings. The Bertz CT molecular complexity index is 375. The maximum absolute atomic E-state index is 11.0. The van der Waals surface area contributed by atoms with E-state index in [-0.39, 0.29) is 5.91 Å². The van der Waals surface area contributed by atoms with Crippen molar-refractivity contribution in [1.29, 1.82) is 0 Å². The number of anilines is 1. The smallest absolute Gasteiger partial charge is 0.221 e. The first kappa shape index (κ1) is 12.5. The number of carbonyl (C=O) groups excluding carboxylic acids is 1. The number of ether oxygens (including phenoxy) is 1. The molecule has 1 fully saturated rings. The summed E-state index contributed by atoms with van der Waals surface area (Å²) in [7, 11) is 0. The van der Waals surface area contributed by atoms with E-state index in [0.29, 0.717) is 0 Å². The third-order valence-corrected chi connectivity index (χ3v) is 3.45. The van der Waals surface area contributed by atoms with Crippen LogP contribution in [0.25, 0.3) is 0 Å². The van der Waals surface area contributed by atoms with Crippen LogP contribution in [-0.4, -0.2) is 37.2 Å². The van der Waals surface area contributed by atoms with Gasteiger partial charge in [0.05, 0.1) is 18.9 Å². The minimum atomic E-state index is -0.0315. The molecule has 1 aliphatic heterocycles. The van der Waals surface area contributed by atoms with Crippen LogP contribution in [0, 0.1) is 0 Å². The Morgan fingerprint density at radius 1 is 1.53 bits per heavy atom. The highest BCUT2D eigenvalue weighted by Gasteiger charge is 2.11. The minimum Gasteiger partial charge on any atom is -0.379 e. The number of nitrogens with one attached hydrogen (secondary N) is 2. The summed E-state index contributed by atoms with van der Waals surface area (Å²) in [6.45, 7) is 5.62. The molecule has 0 atom stereocenters. The zero-order valence-electron chi connectivity index (χ0n) is 9.86. The maximum Gasteiger partial charge on any atom is 0.221 e. The standard InChI is InChI=1S/C11H17N3O2S/c1-9(15)13-10-2-7-17-11(10)8-12-14-3-5-16-6-4-14/h2,7,12H,3-6,8H2,1H3,(H,13,15). The lowest BCUT2D eigenvalue weighted by Crippen LogP contribution is -2.45. The van der Waals surface area contributed by atoms with Gasteiger partial charge in [-0.2, -0.15) is 0 Å². The molecule has 1 amide bonds. The quantitative estimate of drug-likeness (QED) is 0.844. The molecule has 0 radical (unpaired) electrons. The number of carbonyl (C=O) groups is 1. The molecule has 0 aliphatic carbocycles. The van der Waals surface area contributed by atoms with Gasteiger partial charge >= 0.3 is 0 Å². The largest absolute Gasteiger partial charge is 0.379 e. The van der Waals surface area contributed by atoms with Crippen LogP contribution in [0.2, 0.25) is 0 Å². The second-order valence-electron chi connectivity index (χ2n) is 3.87. The van der Waals surface area contributed by atoms with E-state index in [4.69, 9.17) is 4.74 Å². The molecule has 5 nitrogen and oxygen atoms in total. The predicted octanol–water partition coefficient (Wildman–Crippen LogP) is 1.04. The van der Waals surface area contributed by atoms with Crippen molar-refractivity contribution < 1.29 is 9.53 Å². The molecule has 0 saturated carbocycles. The van der Waals surface area contributed by atoms with Gasteiger partial charge in [-0.1, -0.05) is 0 Å². The van der Waals surface area contributed by atoms with Crippen LogP contribution < -0.4 is 10.7 Å². The van der Waals surface area contributed by atoms with Crippen LogP contribution in [0.5, 0.6) is 0 Å². The highest BCUT2D eigenvalue weighted by Crippen LogP contribution is 2.22.